The van der Waals surface area contributed by atoms with Crippen molar-refractivity contribution in [2.45, 2.75) is 6.42 Å². The van der Waals surface area contributed by atoms with E-state index in [2.05, 4.69) is 145 Å². The topological polar surface area (TPSA) is 35.6 Å². The second-order valence-electron chi connectivity index (χ2n) is 11.2. The first-order chi connectivity index (χ1) is 21.2. The normalized spacial score (nSPS) is 12.8. The van der Waals surface area contributed by atoms with Crippen LogP contribution in [0.2, 0.25) is 0 Å². The smallest absolute Gasteiger partial charge is 0.140 e. The van der Waals surface area contributed by atoms with Crippen molar-refractivity contribution in [1.29, 1.82) is 0 Å². The number of nitrogens with zero attached hydrogens (tertiary/aromatic N) is 4. The molecule has 0 saturated heterocycles. The molecule has 0 saturated carbocycles. The molecular weight excluding hydrogens is 524 g/mol. The third-order valence-corrected chi connectivity index (χ3v) is 8.62. The van der Waals surface area contributed by atoms with E-state index in [1.165, 1.54) is 33.4 Å². The van der Waals surface area contributed by atoms with Gasteiger partial charge in [-0.1, -0.05) is 97.1 Å². The van der Waals surface area contributed by atoms with Crippen molar-refractivity contribution in [3.05, 3.63) is 150 Å². The molecule has 0 fully saturated rings. The average Bonchev–Trinajstić information content (AvgIpc) is 3.48. The number of rotatable bonds is 4. The van der Waals surface area contributed by atoms with Crippen molar-refractivity contribution < 1.29 is 0 Å². The van der Waals surface area contributed by atoms with Gasteiger partial charge in [0.05, 0.1) is 22.1 Å². The van der Waals surface area contributed by atoms with Crippen LogP contribution in [0.4, 0.5) is 0 Å². The lowest BCUT2D eigenvalue weighted by molar-refractivity contribution is 0.959. The predicted octanol–water partition coefficient (Wildman–Crippen LogP) is 9.00. The van der Waals surface area contributed by atoms with Gasteiger partial charge >= 0.3 is 0 Å². The lowest BCUT2D eigenvalue weighted by Crippen LogP contribution is -1.98. The number of imidazole rings is 2. The summed E-state index contributed by atoms with van der Waals surface area (Å²) in [5.74, 6) is 1.95. The fourth-order valence-electron chi connectivity index (χ4n) is 6.48. The van der Waals surface area contributed by atoms with Crippen LogP contribution in [0.3, 0.4) is 0 Å². The molecule has 0 aliphatic heterocycles. The first-order valence-electron chi connectivity index (χ1n) is 14.7. The van der Waals surface area contributed by atoms with E-state index in [-0.39, 0.29) is 0 Å². The van der Waals surface area contributed by atoms with Gasteiger partial charge in [-0.2, -0.15) is 0 Å². The largest absolute Gasteiger partial charge is 0.327 e. The molecule has 0 spiro atoms. The summed E-state index contributed by atoms with van der Waals surface area (Å²) in [5.41, 5.74) is 14.0. The molecule has 4 nitrogen and oxygen atoms in total. The molecule has 4 heteroatoms. The Kier molecular flexibility index (Phi) is 5.93. The molecule has 0 amide bonds. The number of fused-ring (bicyclic) bond motifs is 3. The second-order valence-corrected chi connectivity index (χ2v) is 11.2. The highest BCUT2D eigenvalue weighted by atomic mass is 15.1. The first kappa shape index (κ1) is 25.2. The zero-order chi connectivity index (χ0) is 28.9. The third-order valence-electron chi connectivity index (χ3n) is 8.62. The average molecular weight is 555 g/mol. The van der Waals surface area contributed by atoms with Crippen LogP contribution < -0.4 is 0 Å². The maximum absolute atomic E-state index is 4.96. The third kappa shape index (κ3) is 4.22. The van der Waals surface area contributed by atoms with E-state index < -0.39 is 0 Å². The van der Waals surface area contributed by atoms with Crippen LogP contribution in [0.5, 0.6) is 0 Å². The Morgan fingerprint density at radius 2 is 1.07 bits per heavy atom. The van der Waals surface area contributed by atoms with Gasteiger partial charge < -0.3 is 9.13 Å². The van der Waals surface area contributed by atoms with E-state index in [1.807, 2.05) is 12.1 Å². The standard InChI is InChI=1S/C39H30N4/c1-42-36-22-7-5-20-34(36)40-38(42)28-14-9-12-26(24-28)30-16-3-4-17-32-31(18-11-19-33(30)32)27-13-10-15-29(25-27)39-41-35-21-6-8-23-37(35)43(39)2/h3-16,18-25H,17H2,1-2H3. The summed E-state index contributed by atoms with van der Waals surface area (Å²) in [6.07, 6.45) is 7.57. The number of hydrogen-bond donors (Lipinski definition) is 0. The fraction of sp³-hybridized carbons (Fsp3) is 0.0769. The molecule has 1 aliphatic carbocycles. The molecule has 0 unspecified atom stereocenters. The van der Waals surface area contributed by atoms with Crippen molar-refractivity contribution in [1.82, 2.24) is 19.1 Å². The highest BCUT2D eigenvalue weighted by Crippen LogP contribution is 2.37. The quantitative estimate of drug-likeness (QED) is 0.218. The summed E-state index contributed by atoms with van der Waals surface area (Å²) in [6, 6.07) is 40.9. The van der Waals surface area contributed by atoms with Crippen LogP contribution in [0.25, 0.3) is 61.5 Å². The molecule has 2 heterocycles. The zero-order valence-electron chi connectivity index (χ0n) is 24.2. The number of benzene rings is 5. The number of allylic oxidation sites excluding steroid dienone is 3. The van der Waals surface area contributed by atoms with Gasteiger partial charge in [-0.05, 0) is 76.2 Å². The van der Waals surface area contributed by atoms with Crippen molar-refractivity contribution in [3.63, 3.8) is 0 Å². The monoisotopic (exact) mass is 554 g/mol. The summed E-state index contributed by atoms with van der Waals surface area (Å²) in [7, 11) is 4.18. The SMILES string of the molecule is Cn1c(-c2cccc(C3=CC=CCc4c3cccc4-c3cccc(-c4nc5ccccc5n4C)c3)c2)nc2ccccc21. The van der Waals surface area contributed by atoms with E-state index in [1.54, 1.807) is 0 Å². The van der Waals surface area contributed by atoms with E-state index in [0.29, 0.717) is 0 Å². The summed E-state index contributed by atoms with van der Waals surface area (Å²) in [5, 5.41) is 0. The molecule has 0 radical (unpaired) electrons. The summed E-state index contributed by atoms with van der Waals surface area (Å²) in [4.78, 5) is 9.92. The van der Waals surface area contributed by atoms with Gasteiger partial charge in [0.25, 0.3) is 0 Å². The van der Waals surface area contributed by atoms with Gasteiger partial charge in [0, 0.05) is 25.2 Å². The number of aromatic nitrogens is 4. The van der Waals surface area contributed by atoms with Crippen molar-refractivity contribution in [2.24, 2.45) is 14.1 Å². The lowest BCUT2D eigenvalue weighted by atomic mass is 9.87. The maximum Gasteiger partial charge on any atom is 0.140 e. The van der Waals surface area contributed by atoms with Gasteiger partial charge in [0.1, 0.15) is 11.6 Å². The molecule has 2 aromatic heterocycles. The van der Waals surface area contributed by atoms with Crippen LogP contribution in [-0.2, 0) is 20.5 Å². The Morgan fingerprint density at radius 3 is 1.72 bits per heavy atom. The molecule has 7 aromatic rings. The molecule has 0 N–H and O–H groups in total. The Labute approximate surface area is 250 Å². The van der Waals surface area contributed by atoms with Crippen LogP contribution >= 0.6 is 0 Å². The highest BCUT2D eigenvalue weighted by Gasteiger charge is 2.18. The molecule has 5 aromatic carbocycles. The summed E-state index contributed by atoms with van der Waals surface area (Å²) < 4.78 is 4.36. The Hall–Kier alpha value is -5.48. The minimum Gasteiger partial charge on any atom is -0.327 e. The van der Waals surface area contributed by atoms with Gasteiger partial charge in [-0.25, -0.2) is 9.97 Å². The predicted molar refractivity (Wildman–Crippen MR) is 178 cm³/mol. The first-order valence-corrected chi connectivity index (χ1v) is 14.7. The Morgan fingerprint density at radius 1 is 0.535 bits per heavy atom. The molecule has 0 bridgehead atoms. The van der Waals surface area contributed by atoms with Crippen LogP contribution in [-0.4, -0.2) is 19.1 Å². The molecule has 8 rings (SSSR count). The molecule has 43 heavy (non-hydrogen) atoms. The Bertz CT molecular complexity index is 2240. The highest BCUT2D eigenvalue weighted by molar-refractivity contribution is 5.89. The van der Waals surface area contributed by atoms with Crippen LogP contribution in [0.1, 0.15) is 16.7 Å². The van der Waals surface area contributed by atoms with Gasteiger partial charge in [-0.15, -0.1) is 0 Å². The zero-order valence-corrected chi connectivity index (χ0v) is 24.2. The molecule has 1 aliphatic rings. The fourth-order valence-corrected chi connectivity index (χ4v) is 6.48. The molecule has 0 atom stereocenters. The number of hydrogen-bond acceptors (Lipinski definition) is 2. The van der Waals surface area contributed by atoms with Crippen molar-refractivity contribution in [2.75, 3.05) is 0 Å². The van der Waals surface area contributed by atoms with Gasteiger partial charge in [0.15, 0.2) is 0 Å². The summed E-state index contributed by atoms with van der Waals surface area (Å²) in [6.45, 7) is 0. The van der Waals surface area contributed by atoms with Gasteiger partial charge in [0.2, 0.25) is 0 Å². The molecule has 206 valence electrons. The van der Waals surface area contributed by atoms with E-state index in [4.69, 9.17) is 9.97 Å². The number of para-hydroxylation sites is 4. The minimum absolute atomic E-state index is 0.868. The van der Waals surface area contributed by atoms with Crippen LogP contribution in [0, 0.1) is 0 Å². The maximum atomic E-state index is 4.96. The van der Waals surface area contributed by atoms with E-state index >= 15 is 0 Å². The van der Waals surface area contributed by atoms with E-state index in [9.17, 15) is 0 Å². The lowest BCUT2D eigenvalue weighted by Gasteiger charge is -2.17. The van der Waals surface area contributed by atoms with Gasteiger partial charge in [-0.3, -0.25) is 0 Å². The minimum atomic E-state index is 0.868. The Balaban J connectivity index is 1.22. The second kappa shape index (κ2) is 10.1. The van der Waals surface area contributed by atoms with E-state index in [0.717, 1.165) is 51.3 Å². The van der Waals surface area contributed by atoms with Crippen LogP contribution in [0.15, 0.2) is 133 Å². The number of aryl methyl sites for hydroxylation is 2. The molecular formula is C39H30N4. The van der Waals surface area contributed by atoms with Crippen molar-refractivity contribution in [3.8, 4) is 33.9 Å². The summed E-state index contributed by atoms with van der Waals surface area (Å²) >= 11 is 0. The van der Waals surface area contributed by atoms with Crippen molar-refractivity contribution >= 4 is 27.6 Å².